The minimum Gasteiger partial charge on any atom is -0.352 e. The highest BCUT2D eigenvalue weighted by Crippen LogP contribution is 2.03. The molecule has 0 spiro atoms. The van der Waals surface area contributed by atoms with Crippen LogP contribution in [-0.2, 0) is 0 Å². The van der Waals surface area contributed by atoms with E-state index in [1.165, 1.54) is 0 Å². The summed E-state index contributed by atoms with van der Waals surface area (Å²) in [6.07, 6.45) is 0. The summed E-state index contributed by atoms with van der Waals surface area (Å²) in [5.74, 6) is -0.139. The van der Waals surface area contributed by atoms with E-state index >= 15 is 0 Å². The average molecular weight is 174 g/mol. The molecule has 0 unspecified atom stereocenters. The van der Waals surface area contributed by atoms with Gasteiger partial charge in [-0.05, 0) is 25.1 Å². The molecule has 3 nitrogen and oxygen atoms in total. The lowest BCUT2D eigenvalue weighted by Gasteiger charge is -2.01. The highest BCUT2D eigenvalue weighted by molar-refractivity contribution is 5.94. The molecule has 0 bridgehead atoms. The first-order valence-corrected chi connectivity index (χ1v) is 4.06. The van der Waals surface area contributed by atoms with Crippen LogP contribution in [0.5, 0.6) is 0 Å². The van der Waals surface area contributed by atoms with Gasteiger partial charge in [0.25, 0.3) is 5.91 Å². The van der Waals surface area contributed by atoms with E-state index in [4.69, 9.17) is 5.26 Å². The van der Waals surface area contributed by atoms with E-state index in [0.29, 0.717) is 17.7 Å². The number of nitriles is 1. The van der Waals surface area contributed by atoms with E-state index in [-0.39, 0.29) is 5.91 Å². The fourth-order valence-electron chi connectivity index (χ4n) is 0.993. The second-order valence-electron chi connectivity index (χ2n) is 2.55. The Kier molecular flexibility index (Phi) is 3.04. The van der Waals surface area contributed by atoms with Crippen LogP contribution in [0.25, 0.3) is 0 Å². The Balaban J connectivity index is 2.90. The summed E-state index contributed by atoms with van der Waals surface area (Å²) >= 11 is 0. The van der Waals surface area contributed by atoms with Crippen molar-refractivity contribution in [2.75, 3.05) is 6.54 Å². The van der Waals surface area contributed by atoms with E-state index in [9.17, 15) is 4.79 Å². The van der Waals surface area contributed by atoms with Crippen molar-refractivity contribution in [3.8, 4) is 6.07 Å². The number of amides is 1. The Labute approximate surface area is 77.0 Å². The summed E-state index contributed by atoms with van der Waals surface area (Å²) in [6.45, 7) is 2.45. The molecule has 1 amide bonds. The van der Waals surface area contributed by atoms with Crippen LogP contribution in [0.2, 0.25) is 0 Å². The number of nitrogens with one attached hydrogen (secondary N) is 1. The van der Waals surface area contributed by atoms with Crippen LogP contribution in [0.15, 0.2) is 24.3 Å². The first-order valence-electron chi connectivity index (χ1n) is 4.06. The van der Waals surface area contributed by atoms with Gasteiger partial charge in [0.1, 0.15) is 0 Å². The van der Waals surface area contributed by atoms with Gasteiger partial charge >= 0.3 is 0 Å². The number of rotatable bonds is 2. The van der Waals surface area contributed by atoms with Crippen LogP contribution >= 0.6 is 0 Å². The molecule has 13 heavy (non-hydrogen) atoms. The molecule has 66 valence electrons. The molecule has 0 atom stereocenters. The molecule has 3 heteroatoms. The number of carbonyl (C=O) groups is 1. The summed E-state index contributed by atoms with van der Waals surface area (Å²) < 4.78 is 0. The molecule has 1 rings (SSSR count). The van der Waals surface area contributed by atoms with E-state index in [1.54, 1.807) is 24.3 Å². The predicted octanol–water partition coefficient (Wildman–Crippen LogP) is 1.31. The molecule has 0 aliphatic carbocycles. The van der Waals surface area contributed by atoms with Crippen molar-refractivity contribution in [2.45, 2.75) is 6.92 Å². The quantitative estimate of drug-likeness (QED) is 0.734. The van der Waals surface area contributed by atoms with Gasteiger partial charge in [-0.1, -0.05) is 6.07 Å². The van der Waals surface area contributed by atoms with Crippen molar-refractivity contribution in [1.82, 2.24) is 5.32 Å². The van der Waals surface area contributed by atoms with Crippen LogP contribution in [0.4, 0.5) is 0 Å². The third-order valence-electron chi connectivity index (χ3n) is 1.59. The first-order chi connectivity index (χ1) is 6.27. The van der Waals surface area contributed by atoms with Gasteiger partial charge in [0, 0.05) is 12.1 Å². The minimum absolute atomic E-state index is 0.139. The molecule has 0 saturated heterocycles. The molecule has 0 aromatic heterocycles. The topological polar surface area (TPSA) is 52.9 Å². The Morgan fingerprint density at radius 2 is 2.38 bits per heavy atom. The molecule has 0 aliphatic rings. The maximum absolute atomic E-state index is 11.3. The zero-order valence-corrected chi connectivity index (χ0v) is 7.37. The van der Waals surface area contributed by atoms with Gasteiger partial charge in [0.15, 0.2) is 0 Å². The summed E-state index contributed by atoms with van der Waals surface area (Å²) in [5, 5.41) is 11.3. The molecular formula is C10H10N2O. The zero-order chi connectivity index (χ0) is 9.68. The fraction of sp³-hybridized carbons (Fsp3) is 0.200. The van der Waals surface area contributed by atoms with Crippen molar-refractivity contribution >= 4 is 5.91 Å². The molecule has 0 saturated carbocycles. The van der Waals surface area contributed by atoms with Gasteiger partial charge in [-0.2, -0.15) is 5.26 Å². The van der Waals surface area contributed by atoms with E-state index in [0.717, 1.165) is 0 Å². The number of hydrogen-bond acceptors (Lipinski definition) is 2. The Hall–Kier alpha value is -1.82. The van der Waals surface area contributed by atoms with E-state index in [2.05, 4.69) is 5.32 Å². The lowest BCUT2D eigenvalue weighted by Crippen LogP contribution is -2.22. The normalized spacial score (nSPS) is 8.92. The fourth-order valence-corrected chi connectivity index (χ4v) is 0.993. The summed E-state index contributed by atoms with van der Waals surface area (Å²) in [7, 11) is 0. The Bertz CT molecular complexity index is 352. The maximum atomic E-state index is 11.3. The second kappa shape index (κ2) is 4.27. The summed E-state index contributed by atoms with van der Waals surface area (Å²) in [4.78, 5) is 11.3. The lowest BCUT2D eigenvalue weighted by molar-refractivity contribution is 0.0956. The van der Waals surface area contributed by atoms with Gasteiger partial charge in [0.2, 0.25) is 0 Å². The van der Waals surface area contributed by atoms with E-state index < -0.39 is 0 Å². The highest BCUT2D eigenvalue weighted by Gasteiger charge is 2.03. The third-order valence-corrected chi connectivity index (χ3v) is 1.59. The van der Waals surface area contributed by atoms with Gasteiger partial charge in [-0.25, -0.2) is 0 Å². The highest BCUT2D eigenvalue weighted by atomic mass is 16.1. The van der Waals surface area contributed by atoms with Crippen LogP contribution in [0.3, 0.4) is 0 Å². The van der Waals surface area contributed by atoms with Crippen molar-refractivity contribution in [3.63, 3.8) is 0 Å². The van der Waals surface area contributed by atoms with Crippen LogP contribution in [0.1, 0.15) is 22.8 Å². The second-order valence-corrected chi connectivity index (χ2v) is 2.55. The molecule has 1 N–H and O–H groups in total. The van der Waals surface area contributed by atoms with Crippen molar-refractivity contribution in [1.29, 1.82) is 5.26 Å². The average Bonchev–Trinajstić information content (AvgIpc) is 2.18. The molecule has 0 heterocycles. The lowest BCUT2D eigenvalue weighted by atomic mass is 10.1. The van der Waals surface area contributed by atoms with Gasteiger partial charge in [-0.3, -0.25) is 4.79 Å². The maximum Gasteiger partial charge on any atom is 0.251 e. The smallest absolute Gasteiger partial charge is 0.251 e. The van der Waals surface area contributed by atoms with Crippen LogP contribution < -0.4 is 5.32 Å². The van der Waals surface area contributed by atoms with Crippen molar-refractivity contribution in [3.05, 3.63) is 35.4 Å². The molecule has 1 aromatic carbocycles. The molecule has 0 fully saturated rings. The largest absolute Gasteiger partial charge is 0.352 e. The van der Waals surface area contributed by atoms with Crippen LogP contribution in [0, 0.1) is 11.3 Å². The third kappa shape index (κ3) is 2.31. The monoisotopic (exact) mass is 174 g/mol. The Morgan fingerprint density at radius 1 is 1.62 bits per heavy atom. The summed E-state index contributed by atoms with van der Waals surface area (Å²) in [5.41, 5.74) is 1.03. The SMILES string of the molecule is CCNC(=O)c1cccc(C#N)c1. The Morgan fingerprint density at radius 3 is 3.00 bits per heavy atom. The number of nitrogens with zero attached hydrogens (tertiary/aromatic N) is 1. The van der Waals surface area contributed by atoms with Crippen molar-refractivity contribution in [2.24, 2.45) is 0 Å². The number of benzene rings is 1. The first kappa shape index (κ1) is 9.27. The van der Waals surface area contributed by atoms with Gasteiger partial charge < -0.3 is 5.32 Å². The zero-order valence-electron chi connectivity index (χ0n) is 7.37. The molecule has 1 aromatic rings. The standard InChI is InChI=1S/C10H10N2O/c1-2-12-10(13)9-5-3-4-8(6-9)7-11/h3-6H,2H2,1H3,(H,12,13). The van der Waals surface area contributed by atoms with Crippen molar-refractivity contribution < 1.29 is 4.79 Å². The molecule has 0 aliphatic heterocycles. The van der Waals surface area contributed by atoms with Gasteiger partial charge in [-0.15, -0.1) is 0 Å². The molecular weight excluding hydrogens is 164 g/mol. The van der Waals surface area contributed by atoms with E-state index in [1.807, 2.05) is 13.0 Å². The molecule has 0 radical (unpaired) electrons. The predicted molar refractivity (Wildman–Crippen MR) is 49.2 cm³/mol. The number of carbonyl (C=O) groups excluding carboxylic acids is 1. The number of hydrogen-bond donors (Lipinski definition) is 1. The van der Waals surface area contributed by atoms with Gasteiger partial charge in [0.05, 0.1) is 11.6 Å². The van der Waals surface area contributed by atoms with Crippen LogP contribution in [-0.4, -0.2) is 12.5 Å². The minimum atomic E-state index is -0.139. The summed E-state index contributed by atoms with van der Waals surface area (Å²) in [6, 6.07) is 8.61.